The molecule has 2 heteroatoms. The molecule has 0 radical (unpaired) electrons. The van der Waals surface area contributed by atoms with Gasteiger partial charge in [-0.2, -0.15) is 0 Å². The van der Waals surface area contributed by atoms with Crippen LogP contribution in [0.1, 0.15) is 49.0 Å². The van der Waals surface area contributed by atoms with E-state index in [1.165, 1.54) is 19.3 Å². The van der Waals surface area contributed by atoms with Crippen LogP contribution in [0, 0.1) is 6.92 Å². The number of carbonyl (C=O) groups excluding carboxylic acids is 1. The molecule has 2 rings (SSSR count). The standard InChI is InChI=1S/C16H23NO/c1-13-9-5-6-10-14(13)15(18)16(2,3)17-11-7-4-8-12-17/h5-6,9-10H,4,7-8,11-12H2,1-3H3. The normalized spacial score (nSPS) is 17.7. The zero-order valence-corrected chi connectivity index (χ0v) is 11.7. The molecule has 2 nitrogen and oxygen atoms in total. The SMILES string of the molecule is Cc1ccccc1C(=O)C(C)(C)N1CCCCC1. The van der Waals surface area contributed by atoms with Crippen LogP contribution >= 0.6 is 0 Å². The summed E-state index contributed by atoms with van der Waals surface area (Å²) in [6.45, 7) is 8.23. The third-order valence-corrected chi connectivity index (χ3v) is 4.09. The number of rotatable bonds is 3. The van der Waals surface area contributed by atoms with Crippen molar-refractivity contribution in [3.05, 3.63) is 35.4 Å². The molecule has 1 aliphatic heterocycles. The second kappa shape index (κ2) is 5.23. The van der Waals surface area contributed by atoms with Gasteiger partial charge in [-0.15, -0.1) is 0 Å². The summed E-state index contributed by atoms with van der Waals surface area (Å²) >= 11 is 0. The van der Waals surface area contributed by atoms with Gasteiger partial charge >= 0.3 is 0 Å². The fourth-order valence-electron chi connectivity index (χ4n) is 2.75. The average molecular weight is 245 g/mol. The molecule has 0 atom stereocenters. The van der Waals surface area contributed by atoms with Gasteiger partial charge in [-0.3, -0.25) is 9.69 Å². The van der Waals surface area contributed by atoms with E-state index in [2.05, 4.69) is 18.7 Å². The smallest absolute Gasteiger partial charge is 0.182 e. The molecule has 0 aromatic heterocycles. The predicted octanol–water partition coefficient (Wildman–Crippen LogP) is 3.44. The van der Waals surface area contributed by atoms with Crippen LogP contribution in [0.4, 0.5) is 0 Å². The van der Waals surface area contributed by atoms with Crippen molar-refractivity contribution in [3.63, 3.8) is 0 Å². The van der Waals surface area contributed by atoms with Gasteiger partial charge < -0.3 is 0 Å². The summed E-state index contributed by atoms with van der Waals surface area (Å²) in [7, 11) is 0. The van der Waals surface area contributed by atoms with Crippen LogP contribution in [-0.4, -0.2) is 29.3 Å². The molecule has 1 heterocycles. The maximum absolute atomic E-state index is 12.7. The number of likely N-dealkylation sites (tertiary alicyclic amines) is 1. The molecule has 0 spiro atoms. The first kappa shape index (κ1) is 13.3. The van der Waals surface area contributed by atoms with Crippen LogP contribution in [0.25, 0.3) is 0 Å². The monoisotopic (exact) mass is 245 g/mol. The molecule has 1 fully saturated rings. The minimum absolute atomic E-state index is 0.252. The summed E-state index contributed by atoms with van der Waals surface area (Å²) in [4.78, 5) is 15.1. The van der Waals surface area contributed by atoms with Crippen molar-refractivity contribution in [3.8, 4) is 0 Å². The summed E-state index contributed by atoms with van der Waals surface area (Å²) < 4.78 is 0. The van der Waals surface area contributed by atoms with E-state index in [0.717, 1.165) is 24.2 Å². The summed E-state index contributed by atoms with van der Waals surface area (Å²) in [5.41, 5.74) is 1.56. The Morgan fingerprint density at radius 1 is 1.11 bits per heavy atom. The van der Waals surface area contributed by atoms with Gasteiger partial charge in [0.1, 0.15) is 0 Å². The first-order chi connectivity index (χ1) is 8.53. The van der Waals surface area contributed by atoms with E-state index >= 15 is 0 Å². The third-order valence-electron chi connectivity index (χ3n) is 4.09. The van der Waals surface area contributed by atoms with E-state index in [-0.39, 0.29) is 11.3 Å². The number of hydrogen-bond acceptors (Lipinski definition) is 2. The highest BCUT2D eigenvalue weighted by Gasteiger charge is 2.35. The van der Waals surface area contributed by atoms with Crippen molar-refractivity contribution in [2.45, 2.75) is 45.6 Å². The van der Waals surface area contributed by atoms with Crippen LogP contribution in [0.3, 0.4) is 0 Å². The largest absolute Gasteiger partial charge is 0.292 e. The number of hydrogen-bond donors (Lipinski definition) is 0. The molecule has 1 aliphatic rings. The molecule has 0 saturated carbocycles. The van der Waals surface area contributed by atoms with E-state index < -0.39 is 0 Å². The van der Waals surface area contributed by atoms with E-state index in [4.69, 9.17) is 0 Å². The third kappa shape index (κ3) is 2.49. The molecule has 1 aromatic carbocycles. The maximum Gasteiger partial charge on any atom is 0.182 e. The minimum atomic E-state index is -0.382. The molecule has 0 unspecified atom stereocenters. The molecule has 98 valence electrons. The van der Waals surface area contributed by atoms with E-state index in [1.54, 1.807) is 0 Å². The summed E-state index contributed by atoms with van der Waals surface area (Å²) in [5.74, 6) is 0.252. The van der Waals surface area contributed by atoms with Crippen LogP contribution in [0.15, 0.2) is 24.3 Å². The van der Waals surface area contributed by atoms with Crippen molar-refractivity contribution in [2.24, 2.45) is 0 Å². The molecule has 0 N–H and O–H groups in total. The van der Waals surface area contributed by atoms with Crippen molar-refractivity contribution >= 4 is 5.78 Å². The van der Waals surface area contributed by atoms with Gasteiger partial charge in [0, 0.05) is 5.56 Å². The van der Waals surface area contributed by atoms with Crippen molar-refractivity contribution in [1.29, 1.82) is 0 Å². The number of nitrogens with zero attached hydrogens (tertiary/aromatic N) is 1. The maximum atomic E-state index is 12.7. The Hall–Kier alpha value is -1.15. The van der Waals surface area contributed by atoms with Crippen molar-refractivity contribution in [2.75, 3.05) is 13.1 Å². The summed E-state index contributed by atoms with van der Waals surface area (Å²) in [6.07, 6.45) is 3.72. The first-order valence-electron chi connectivity index (χ1n) is 6.89. The summed E-state index contributed by atoms with van der Waals surface area (Å²) in [6, 6.07) is 7.90. The topological polar surface area (TPSA) is 20.3 Å². The number of Topliss-reactive ketones (excluding diaryl/α,β-unsaturated/α-hetero) is 1. The van der Waals surface area contributed by atoms with Gasteiger partial charge in [0.2, 0.25) is 0 Å². The van der Waals surface area contributed by atoms with Gasteiger partial charge in [0.25, 0.3) is 0 Å². The second-order valence-corrected chi connectivity index (χ2v) is 5.75. The molecular weight excluding hydrogens is 222 g/mol. The Labute approximate surface area is 110 Å². The van der Waals surface area contributed by atoms with Gasteiger partial charge in [-0.1, -0.05) is 30.7 Å². The molecule has 1 aromatic rings. The van der Waals surface area contributed by atoms with Crippen molar-refractivity contribution < 1.29 is 4.79 Å². The minimum Gasteiger partial charge on any atom is -0.292 e. The number of piperidine rings is 1. The molecule has 0 aliphatic carbocycles. The Morgan fingerprint density at radius 2 is 1.72 bits per heavy atom. The van der Waals surface area contributed by atoms with Gasteiger partial charge in [-0.25, -0.2) is 0 Å². The van der Waals surface area contributed by atoms with Gasteiger partial charge in [-0.05, 0) is 52.3 Å². The number of aryl methyl sites for hydroxylation is 1. The van der Waals surface area contributed by atoms with Crippen LogP contribution in [0.5, 0.6) is 0 Å². The fourth-order valence-corrected chi connectivity index (χ4v) is 2.75. The molecular formula is C16H23NO. The Kier molecular flexibility index (Phi) is 3.86. The lowest BCUT2D eigenvalue weighted by atomic mass is 9.88. The molecule has 0 bridgehead atoms. The highest BCUT2D eigenvalue weighted by Crippen LogP contribution is 2.25. The highest BCUT2D eigenvalue weighted by atomic mass is 16.1. The molecule has 18 heavy (non-hydrogen) atoms. The highest BCUT2D eigenvalue weighted by molar-refractivity contribution is 6.03. The van der Waals surface area contributed by atoms with Crippen LogP contribution in [0.2, 0.25) is 0 Å². The van der Waals surface area contributed by atoms with E-state index in [9.17, 15) is 4.79 Å². The first-order valence-corrected chi connectivity index (χ1v) is 6.89. The van der Waals surface area contributed by atoms with Crippen molar-refractivity contribution in [1.82, 2.24) is 4.90 Å². The predicted molar refractivity (Wildman–Crippen MR) is 75.0 cm³/mol. The lowest BCUT2D eigenvalue weighted by molar-refractivity contribution is 0.0578. The molecule has 1 saturated heterocycles. The Bertz CT molecular complexity index is 430. The zero-order chi connectivity index (χ0) is 13.2. The van der Waals surface area contributed by atoms with Gasteiger partial charge in [0.15, 0.2) is 5.78 Å². The summed E-state index contributed by atoms with van der Waals surface area (Å²) in [5, 5.41) is 0. The van der Waals surface area contributed by atoms with E-state index in [1.807, 2.05) is 31.2 Å². The average Bonchev–Trinajstić information content (AvgIpc) is 2.39. The van der Waals surface area contributed by atoms with Crippen LogP contribution in [-0.2, 0) is 0 Å². The van der Waals surface area contributed by atoms with Crippen LogP contribution < -0.4 is 0 Å². The lowest BCUT2D eigenvalue weighted by Gasteiger charge is -2.40. The van der Waals surface area contributed by atoms with Gasteiger partial charge in [0.05, 0.1) is 5.54 Å². The fraction of sp³-hybridized carbons (Fsp3) is 0.562. The lowest BCUT2D eigenvalue weighted by Crippen LogP contribution is -2.52. The quantitative estimate of drug-likeness (QED) is 0.760. The number of benzene rings is 1. The number of ketones is 1. The zero-order valence-electron chi connectivity index (χ0n) is 11.7. The molecule has 0 amide bonds. The van der Waals surface area contributed by atoms with E-state index in [0.29, 0.717) is 0 Å². The second-order valence-electron chi connectivity index (χ2n) is 5.75. The Morgan fingerprint density at radius 3 is 2.33 bits per heavy atom. The number of carbonyl (C=O) groups is 1. The Balaban J connectivity index is 2.24.